The van der Waals surface area contributed by atoms with Crippen molar-refractivity contribution in [2.45, 2.75) is 39.7 Å². The summed E-state index contributed by atoms with van der Waals surface area (Å²) in [6.45, 7) is 6.27. The number of allylic oxidation sites excluding steroid dienone is 1. The van der Waals surface area contributed by atoms with Crippen molar-refractivity contribution in [1.82, 2.24) is 10.2 Å². The van der Waals surface area contributed by atoms with E-state index in [0.29, 0.717) is 34.8 Å². The Labute approximate surface area is 194 Å². The van der Waals surface area contributed by atoms with Gasteiger partial charge in [0.2, 0.25) is 0 Å². The van der Waals surface area contributed by atoms with Gasteiger partial charge in [-0.15, -0.1) is 0 Å². The van der Waals surface area contributed by atoms with Crippen LogP contribution in [0, 0.1) is 0 Å². The average Bonchev–Trinajstić information content (AvgIpc) is 2.81. The molecular formula is C25H30N4O4. The van der Waals surface area contributed by atoms with Crippen molar-refractivity contribution in [1.29, 1.82) is 0 Å². The number of hydrogen-bond donors (Lipinski definition) is 3. The summed E-state index contributed by atoms with van der Waals surface area (Å²) >= 11 is 0. The lowest BCUT2D eigenvalue weighted by atomic mass is 9.94. The fourth-order valence-electron chi connectivity index (χ4n) is 3.81. The van der Waals surface area contributed by atoms with Gasteiger partial charge in [-0.3, -0.25) is 4.90 Å². The smallest absolute Gasteiger partial charge is 0.337 e. The topological polar surface area (TPSA) is 99.8 Å². The second-order valence-corrected chi connectivity index (χ2v) is 7.78. The highest BCUT2D eigenvalue weighted by Gasteiger charge is 2.36. The summed E-state index contributed by atoms with van der Waals surface area (Å²) in [7, 11) is 1.32. The maximum absolute atomic E-state index is 12.7. The third-order valence-electron chi connectivity index (χ3n) is 5.55. The highest BCUT2D eigenvalue weighted by molar-refractivity contribution is 6.00. The van der Waals surface area contributed by atoms with E-state index in [-0.39, 0.29) is 6.03 Å². The van der Waals surface area contributed by atoms with E-state index in [1.807, 2.05) is 31.2 Å². The highest BCUT2D eigenvalue weighted by Crippen LogP contribution is 2.32. The van der Waals surface area contributed by atoms with E-state index in [1.165, 1.54) is 12.7 Å². The molecule has 0 spiro atoms. The molecule has 1 unspecified atom stereocenters. The molecule has 3 N–H and O–H groups in total. The predicted octanol–water partition coefficient (Wildman–Crippen LogP) is 4.82. The van der Waals surface area contributed by atoms with E-state index in [4.69, 9.17) is 4.74 Å². The van der Waals surface area contributed by atoms with Crippen molar-refractivity contribution in [3.63, 3.8) is 0 Å². The molecule has 2 aromatic rings. The number of rotatable bonds is 7. The van der Waals surface area contributed by atoms with Crippen molar-refractivity contribution < 1.29 is 19.1 Å². The summed E-state index contributed by atoms with van der Waals surface area (Å²) in [4.78, 5) is 39.3. The van der Waals surface area contributed by atoms with Crippen LogP contribution >= 0.6 is 0 Å². The van der Waals surface area contributed by atoms with Gasteiger partial charge in [0, 0.05) is 23.6 Å². The molecule has 1 aliphatic rings. The first-order chi connectivity index (χ1) is 15.9. The normalized spacial score (nSPS) is 15.7. The Bertz CT molecular complexity index is 1060. The van der Waals surface area contributed by atoms with Gasteiger partial charge >= 0.3 is 18.0 Å². The second-order valence-electron chi connectivity index (χ2n) is 7.78. The molecule has 0 saturated heterocycles. The molecule has 1 aliphatic heterocycles. The van der Waals surface area contributed by atoms with E-state index in [2.05, 4.69) is 22.9 Å². The van der Waals surface area contributed by atoms with Crippen molar-refractivity contribution >= 4 is 29.4 Å². The average molecular weight is 451 g/mol. The van der Waals surface area contributed by atoms with Gasteiger partial charge in [-0.2, -0.15) is 0 Å². The number of nitrogens with zero attached hydrogens (tertiary/aromatic N) is 1. The van der Waals surface area contributed by atoms with Crippen LogP contribution < -0.4 is 16.0 Å². The number of esters is 1. The number of anilines is 2. The summed E-state index contributed by atoms with van der Waals surface area (Å²) in [5, 5.41) is 8.50. The molecule has 174 valence electrons. The number of urea groups is 2. The molecule has 2 aromatic carbocycles. The highest BCUT2D eigenvalue weighted by atomic mass is 16.5. The van der Waals surface area contributed by atoms with Crippen molar-refractivity contribution in [2.75, 3.05) is 24.3 Å². The lowest BCUT2D eigenvalue weighted by molar-refractivity contribution is -0.136. The molecule has 1 heterocycles. The lowest BCUT2D eigenvalue weighted by Gasteiger charge is -2.35. The summed E-state index contributed by atoms with van der Waals surface area (Å²) in [5.74, 6) is -0.509. The number of methoxy groups -OCH3 is 1. The van der Waals surface area contributed by atoms with Gasteiger partial charge in [0.1, 0.15) is 0 Å². The van der Waals surface area contributed by atoms with Crippen molar-refractivity contribution in [2.24, 2.45) is 0 Å². The number of hydrogen-bond acceptors (Lipinski definition) is 4. The minimum Gasteiger partial charge on any atom is -0.466 e. The number of carbonyl (C=O) groups is 3. The van der Waals surface area contributed by atoms with Crippen LogP contribution in [0.15, 0.2) is 59.8 Å². The van der Waals surface area contributed by atoms with Crippen molar-refractivity contribution in [3.05, 3.63) is 70.9 Å². The predicted molar refractivity (Wildman–Crippen MR) is 128 cm³/mol. The van der Waals surface area contributed by atoms with Crippen LogP contribution in [0.3, 0.4) is 0 Å². The zero-order valence-electron chi connectivity index (χ0n) is 19.4. The Balaban J connectivity index is 1.82. The molecule has 0 radical (unpaired) electrons. The number of ether oxygens (including phenoxy) is 1. The fourth-order valence-corrected chi connectivity index (χ4v) is 3.81. The van der Waals surface area contributed by atoms with Gasteiger partial charge in [0.05, 0.1) is 18.7 Å². The first-order valence-corrected chi connectivity index (χ1v) is 11.0. The van der Waals surface area contributed by atoms with Crippen LogP contribution in [0.5, 0.6) is 0 Å². The van der Waals surface area contributed by atoms with Crippen LogP contribution in [0.4, 0.5) is 21.0 Å². The first kappa shape index (κ1) is 23.8. The number of benzene rings is 2. The molecule has 8 heteroatoms. The molecule has 4 amide bonds. The van der Waals surface area contributed by atoms with Crippen LogP contribution in [0.2, 0.25) is 0 Å². The molecular weight excluding hydrogens is 420 g/mol. The third kappa shape index (κ3) is 5.52. The number of carbonyl (C=O) groups excluding carboxylic acids is 3. The largest absolute Gasteiger partial charge is 0.466 e. The fraction of sp³-hybridized carbons (Fsp3) is 0.320. The van der Waals surface area contributed by atoms with Crippen LogP contribution in [-0.2, 0) is 16.0 Å². The first-order valence-electron chi connectivity index (χ1n) is 11.0. The SMILES string of the molecule is CCCN1C(=O)NC(c2cccc(NC(=O)Nc3ccc(CC)cc3)c2)C(C(=O)OC)=C1C. The van der Waals surface area contributed by atoms with Crippen LogP contribution in [0.1, 0.15) is 44.4 Å². The van der Waals surface area contributed by atoms with Gasteiger partial charge < -0.3 is 20.7 Å². The summed E-state index contributed by atoms with van der Waals surface area (Å²) in [6, 6.07) is 13.3. The molecule has 0 aromatic heterocycles. The second kappa shape index (κ2) is 10.7. The minimum absolute atomic E-state index is 0.279. The molecule has 1 atom stereocenters. The zero-order valence-corrected chi connectivity index (χ0v) is 19.4. The summed E-state index contributed by atoms with van der Waals surface area (Å²) in [6.07, 6.45) is 1.67. The Kier molecular flexibility index (Phi) is 7.71. The van der Waals surface area contributed by atoms with E-state index in [0.717, 1.165) is 12.8 Å². The molecule has 33 heavy (non-hydrogen) atoms. The molecule has 0 saturated carbocycles. The van der Waals surface area contributed by atoms with Crippen molar-refractivity contribution in [3.8, 4) is 0 Å². The molecule has 0 aliphatic carbocycles. The van der Waals surface area contributed by atoms with E-state index in [9.17, 15) is 14.4 Å². The van der Waals surface area contributed by atoms with Gasteiger partial charge in [-0.25, -0.2) is 14.4 Å². The molecule has 0 fully saturated rings. The standard InChI is InChI=1S/C25H30N4O4/c1-5-14-29-16(3)21(23(30)33-4)22(28-25(29)32)18-8-7-9-20(15-18)27-24(31)26-19-12-10-17(6-2)11-13-19/h7-13,15,22H,5-6,14H2,1-4H3,(H,28,32)(H2,26,27,31). The Morgan fingerprint density at radius 1 is 1.06 bits per heavy atom. The quantitative estimate of drug-likeness (QED) is 0.527. The summed E-state index contributed by atoms with van der Waals surface area (Å²) in [5.41, 5.74) is 3.98. The molecule has 8 nitrogen and oxygen atoms in total. The Hall–Kier alpha value is -3.81. The maximum Gasteiger partial charge on any atom is 0.337 e. The van der Waals surface area contributed by atoms with E-state index in [1.54, 1.807) is 36.1 Å². The maximum atomic E-state index is 12.7. The molecule has 3 rings (SSSR count). The summed E-state index contributed by atoms with van der Waals surface area (Å²) < 4.78 is 5.00. The van der Waals surface area contributed by atoms with E-state index >= 15 is 0 Å². The van der Waals surface area contributed by atoms with Crippen LogP contribution in [0.25, 0.3) is 0 Å². The van der Waals surface area contributed by atoms with Gasteiger partial charge in [-0.05, 0) is 55.2 Å². The van der Waals surface area contributed by atoms with E-state index < -0.39 is 18.0 Å². The van der Waals surface area contributed by atoms with Gasteiger partial charge in [0.15, 0.2) is 0 Å². The van der Waals surface area contributed by atoms with Crippen LogP contribution in [-0.4, -0.2) is 36.6 Å². The third-order valence-corrected chi connectivity index (χ3v) is 5.55. The minimum atomic E-state index is -0.690. The zero-order chi connectivity index (χ0) is 24.0. The monoisotopic (exact) mass is 450 g/mol. The Morgan fingerprint density at radius 3 is 2.39 bits per heavy atom. The van der Waals surface area contributed by atoms with Gasteiger partial charge in [0.25, 0.3) is 0 Å². The Morgan fingerprint density at radius 2 is 1.76 bits per heavy atom. The van der Waals surface area contributed by atoms with Gasteiger partial charge in [-0.1, -0.05) is 38.1 Å². The number of aryl methyl sites for hydroxylation is 1. The number of amides is 4. The lowest BCUT2D eigenvalue weighted by Crippen LogP contribution is -2.48. The number of nitrogens with one attached hydrogen (secondary N) is 3. The molecule has 0 bridgehead atoms.